The Bertz CT molecular complexity index is 484. The third-order valence-corrected chi connectivity index (χ3v) is 2.60. The van der Waals surface area contributed by atoms with E-state index in [9.17, 15) is 4.39 Å². The van der Waals surface area contributed by atoms with Crippen molar-refractivity contribution in [3.05, 3.63) is 27.3 Å². The van der Waals surface area contributed by atoms with Gasteiger partial charge >= 0.3 is 0 Å². The molecule has 2 nitrogen and oxygen atoms in total. The van der Waals surface area contributed by atoms with E-state index in [1.165, 1.54) is 6.26 Å². The number of nitrogens with zero attached hydrogens (tertiary/aromatic N) is 1. The molecule has 0 saturated carbocycles. The molecule has 0 saturated heterocycles. The Morgan fingerprint density at radius 2 is 2.07 bits per heavy atom. The van der Waals surface area contributed by atoms with E-state index in [4.69, 9.17) is 16.0 Å². The summed E-state index contributed by atoms with van der Waals surface area (Å²) >= 11 is 8.80. The summed E-state index contributed by atoms with van der Waals surface area (Å²) < 4.78 is 19.0. The van der Waals surface area contributed by atoms with Crippen molar-refractivity contribution in [1.82, 2.24) is 4.98 Å². The lowest BCUT2D eigenvalue weighted by atomic mass is 10.2. The second-order valence-electron chi connectivity index (χ2n) is 2.60. The van der Waals surface area contributed by atoms with E-state index in [-0.39, 0.29) is 5.15 Å². The highest BCUT2D eigenvalue weighted by Crippen LogP contribution is 2.30. The molecule has 2 aromatic heterocycles. The van der Waals surface area contributed by atoms with Crippen LogP contribution in [0.25, 0.3) is 11.1 Å². The topological polar surface area (TPSA) is 26.0 Å². The molecular formula is C10H10BrClFNO. The Labute approximate surface area is 101 Å². The quantitative estimate of drug-likeness (QED) is 0.657. The minimum absolute atomic E-state index is 0.132. The average Bonchev–Trinajstić information content (AvgIpc) is 2.61. The fourth-order valence-electron chi connectivity index (χ4n) is 1.10. The third-order valence-electron chi connectivity index (χ3n) is 1.78. The van der Waals surface area contributed by atoms with Crippen LogP contribution < -0.4 is 0 Å². The molecule has 0 fully saturated rings. The second-order valence-corrected chi connectivity index (χ2v) is 3.82. The van der Waals surface area contributed by atoms with Gasteiger partial charge < -0.3 is 4.42 Å². The molecule has 0 bridgehead atoms. The average molecular weight is 295 g/mol. The molecule has 5 heteroatoms. The lowest BCUT2D eigenvalue weighted by Gasteiger charge is -1.98. The van der Waals surface area contributed by atoms with Gasteiger partial charge in [0.05, 0.1) is 4.47 Å². The Morgan fingerprint density at radius 1 is 1.47 bits per heavy atom. The van der Waals surface area contributed by atoms with Crippen LogP contribution in [-0.4, -0.2) is 4.98 Å². The van der Waals surface area contributed by atoms with Crippen molar-refractivity contribution in [3.8, 4) is 0 Å². The highest BCUT2D eigenvalue weighted by Gasteiger charge is 2.14. The van der Waals surface area contributed by atoms with Crippen LogP contribution in [0.15, 0.2) is 15.2 Å². The molecular weight excluding hydrogens is 284 g/mol. The van der Waals surface area contributed by atoms with Crippen LogP contribution in [0.4, 0.5) is 4.39 Å². The minimum atomic E-state index is -0.531. The van der Waals surface area contributed by atoms with Crippen molar-refractivity contribution in [1.29, 1.82) is 0 Å². The zero-order valence-corrected chi connectivity index (χ0v) is 10.9. The van der Waals surface area contributed by atoms with Crippen LogP contribution in [0, 0.1) is 12.7 Å². The van der Waals surface area contributed by atoms with Crippen LogP contribution in [0.3, 0.4) is 0 Å². The predicted octanol–water partition coefficient (Wildman–Crippen LogP) is 4.72. The van der Waals surface area contributed by atoms with E-state index in [0.717, 1.165) is 0 Å². The van der Waals surface area contributed by atoms with Crippen molar-refractivity contribution < 1.29 is 8.81 Å². The summed E-state index contributed by atoms with van der Waals surface area (Å²) in [6.45, 7) is 5.60. The molecule has 0 amide bonds. The van der Waals surface area contributed by atoms with E-state index in [1.54, 1.807) is 6.92 Å². The number of hydrogen-bond donors (Lipinski definition) is 0. The van der Waals surface area contributed by atoms with Gasteiger partial charge in [-0.15, -0.1) is 0 Å². The lowest BCUT2D eigenvalue weighted by molar-refractivity contribution is 0.586. The molecule has 2 aromatic rings. The molecule has 0 radical (unpaired) electrons. The van der Waals surface area contributed by atoms with Crippen molar-refractivity contribution in [2.75, 3.05) is 0 Å². The van der Waals surface area contributed by atoms with Crippen molar-refractivity contribution in [2.24, 2.45) is 0 Å². The normalized spacial score (nSPS) is 10.0. The molecule has 0 aliphatic rings. The Kier molecular flexibility index (Phi) is 4.11. The van der Waals surface area contributed by atoms with E-state index in [1.807, 2.05) is 13.8 Å². The van der Waals surface area contributed by atoms with Gasteiger partial charge in [0.15, 0.2) is 16.6 Å². The number of aryl methyl sites for hydroxylation is 1. The molecule has 0 aromatic carbocycles. The summed E-state index contributed by atoms with van der Waals surface area (Å²) in [7, 11) is 0. The molecule has 15 heavy (non-hydrogen) atoms. The fourth-order valence-corrected chi connectivity index (χ4v) is 1.69. The maximum Gasteiger partial charge on any atom is 0.167 e. The number of halogens is 3. The van der Waals surface area contributed by atoms with Crippen LogP contribution in [0.2, 0.25) is 5.15 Å². The Hall–Kier alpha value is -0.610. The van der Waals surface area contributed by atoms with Gasteiger partial charge in [-0.05, 0) is 22.9 Å². The van der Waals surface area contributed by atoms with Gasteiger partial charge in [-0.1, -0.05) is 25.4 Å². The van der Waals surface area contributed by atoms with Gasteiger partial charge in [-0.3, -0.25) is 0 Å². The second kappa shape index (κ2) is 4.94. The Balaban J connectivity index is 0.000000531. The zero-order valence-electron chi connectivity index (χ0n) is 8.57. The number of pyridine rings is 1. The smallest absolute Gasteiger partial charge is 0.167 e. The summed E-state index contributed by atoms with van der Waals surface area (Å²) in [5.74, 6) is -0.531. The highest BCUT2D eigenvalue weighted by atomic mass is 79.9. The van der Waals surface area contributed by atoms with Crippen LogP contribution in [-0.2, 0) is 0 Å². The minimum Gasteiger partial charge on any atom is -0.461 e. The molecule has 0 aliphatic heterocycles. The first-order valence-corrected chi connectivity index (χ1v) is 5.66. The SMILES string of the molecule is CC.Cc1c(F)c(Cl)nc2c(Br)coc12. The predicted molar refractivity (Wildman–Crippen MR) is 62.8 cm³/mol. The largest absolute Gasteiger partial charge is 0.461 e. The van der Waals surface area contributed by atoms with Crippen molar-refractivity contribution >= 4 is 38.6 Å². The summed E-state index contributed by atoms with van der Waals surface area (Å²) in [6, 6.07) is 0. The van der Waals surface area contributed by atoms with E-state index < -0.39 is 5.82 Å². The Morgan fingerprint density at radius 3 is 2.67 bits per heavy atom. The summed E-state index contributed by atoms with van der Waals surface area (Å²) in [4.78, 5) is 3.85. The molecule has 2 heterocycles. The number of furan rings is 1. The first-order valence-electron chi connectivity index (χ1n) is 4.49. The number of aromatic nitrogens is 1. The van der Waals surface area contributed by atoms with Crippen LogP contribution in [0.1, 0.15) is 19.4 Å². The molecule has 0 aliphatic carbocycles. The number of hydrogen-bond acceptors (Lipinski definition) is 2. The molecule has 2 rings (SSSR count). The van der Waals surface area contributed by atoms with E-state index in [0.29, 0.717) is 21.1 Å². The monoisotopic (exact) mass is 293 g/mol. The molecule has 82 valence electrons. The third kappa shape index (κ3) is 2.16. The van der Waals surface area contributed by atoms with Crippen molar-refractivity contribution in [2.45, 2.75) is 20.8 Å². The highest BCUT2D eigenvalue weighted by molar-refractivity contribution is 9.10. The summed E-state index contributed by atoms with van der Waals surface area (Å²) in [5.41, 5.74) is 1.35. The maximum absolute atomic E-state index is 13.2. The molecule has 0 unspecified atom stereocenters. The van der Waals surface area contributed by atoms with Crippen LogP contribution >= 0.6 is 27.5 Å². The number of rotatable bonds is 0. The molecule has 0 N–H and O–H groups in total. The summed E-state index contributed by atoms with van der Waals surface area (Å²) in [6.07, 6.45) is 1.46. The van der Waals surface area contributed by atoms with Gasteiger partial charge in [0.1, 0.15) is 11.8 Å². The van der Waals surface area contributed by atoms with Gasteiger partial charge in [-0.25, -0.2) is 9.37 Å². The molecule has 0 spiro atoms. The van der Waals surface area contributed by atoms with Gasteiger partial charge in [-0.2, -0.15) is 0 Å². The fraction of sp³-hybridized carbons (Fsp3) is 0.300. The van der Waals surface area contributed by atoms with Gasteiger partial charge in [0.2, 0.25) is 0 Å². The maximum atomic E-state index is 13.2. The van der Waals surface area contributed by atoms with Crippen LogP contribution in [0.5, 0.6) is 0 Å². The number of fused-ring (bicyclic) bond motifs is 1. The zero-order chi connectivity index (χ0) is 11.6. The standard InChI is InChI=1S/C8H4BrClFNO.C2H6/c1-3-5(11)8(10)12-6-4(9)2-13-7(3)6;1-2/h2H,1H3;1-2H3. The van der Waals surface area contributed by atoms with Gasteiger partial charge in [0, 0.05) is 5.56 Å². The van der Waals surface area contributed by atoms with E-state index in [2.05, 4.69) is 20.9 Å². The van der Waals surface area contributed by atoms with Crippen molar-refractivity contribution in [3.63, 3.8) is 0 Å². The van der Waals surface area contributed by atoms with E-state index >= 15 is 0 Å². The first-order chi connectivity index (χ1) is 7.11. The first kappa shape index (κ1) is 12.5. The molecule has 0 atom stereocenters. The van der Waals surface area contributed by atoms with Gasteiger partial charge in [0.25, 0.3) is 0 Å². The lowest BCUT2D eigenvalue weighted by Crippen LogP contribution is -1.88. The summed E-state index contributed by atoms with van der Waals surface area (Å²) in [5, 5.41) is -0.132.